The molecule has 1 aliphatic heterocycles. The highest BCUT2D eigenvalue weighted by Gasteiger charge is 2.23. The van der Waals surface area contributed by atoms with Crippen molar-refractivity contribution in [3.8, 4) is 5.75 Å². The fraction of sp³-hybridized carbons (Fsp3) is 0.588. The lowest BCUT2D eigenvalue weighted by atomic mass is 9.84. The van der Waals surface area contributed by atoms with Crippen molar-refractivity contribution in [3.05, 3.63) is 28.8 Å². The highest BCUT2D eigenvalue weighted by molar-refractivity contribution is 7.99. The maximum absolute atomic E-state index is 12.1. The predicted molar refractivity (Wildman–Crippen MR) is 92.5 cm³/mol. The zero-order valence-corrected chi connectivity index (χ0v) is 14.9. The summed E-state index contributed by atoms with van der Waals surface area (Å²) in [7, 11) is 1.70. The van der Waals surface area contributed by atoms with E-state index in [0.29, 0.717) is 6.54 Å². The molecule has 0 saturated carbocycles. The number of rotatable bonds is 4. The monoisotopic (exact) mass is 322 g/mol. The van der Waals surface area contributed by atoms with Crippen molar-refractivity contribution in [2.75, 3.05) is 18.7 Å². The average Bonchev–Trinajstić information content (AvgIpc) is 2.98. The standard InChI is InChI=1S/C17H26N2O2S/c1-11-6-15(21-5)13(17(2,3)4)7-12(11)8-18-16(20)14-9-22-10-19-14/h6-7,14,19H,8-10H2,1-5H3,(H,18,20). The Balaban J connectivity index is 2.15. The molecule has 2 rings (SSSR count). The third-order valence-corrected chi connectivity index (χ3v) is 4.89. The molecule has 0 aromatic heterocycles. The van der Waals surface area contributed by atoms with Gasteiger partial charge in [-0.3, -0.25) is 10.1 Å². The van der Waals surface area contributed by atoms with Crippen molar-refractivity contribution >= 4 is 17.7 Å². The lowest BCUT2D eigenvalue weighted by Crippen LogP contribution is -2.41. The van der Waals surface area contributed by atoms with Crippen LogP contribution < -0.4 is 15.4 Å². The summed E-state index contributed by atoms with van der Waals surface area (Å²) in [6.45, 7) is 9.12. The van der Waals surface area contributed by atoms with Gasteiger partial charge in [0.25, 0.3) is 0 Å². The molecule has 0 aliphatic carbocycles. The smallest absolute Gasteiger partial charge is 0.238 e. The SMILES string of the molecule is COc1cc(C)c(CNC(=O)C2CSCN2)cc1C(C)(C)C. The molecule has 4 nitrogen and oxygen atoms in total. The van der Waals surface area contributed by atoms with Gasteiger partial charge in [0, 0.05) is 18.2 Å². The number of hydrogen-bond donors (Lipinski definition) is 2. The summed E-state index contributed by atoms with van der Waals surface area (Å²) in [6, 6.07) is 4.16. The van der Waals surface area contributed by atoms with E-state index in [1.54, 1.807) is 18.9 Å². The molecule has 1 amide bonds. The summed E-state index contributed by atoms with van der Waals surface area (Å²) in [5.74, 6) is 2.69. The zero-order chi connectivity index (χ0) is 16.3. The molecule has 1 aliphatic rings. The molecule has 1 atom stereocenters. The second kappa shape index (κ2) is 6.92. The Morgan fingerprint density at radius 2 is 2.18 bits per heavy atom. The quantitative estimate of drug-likeness (QED) is 0.894. The van der Waals surface area contributed by atoms with Crippen LogP contribution in [0.15, 0.2) is 12.1 Å². The van der Waals surface area contributed by atoms with E-state index in [0.717, 1.165) is 28.5 Å². The Kier molecular flexibility index (Phi) is 5.40. The van der Waals surface area contributed by atoms with Gasteiger partial charge in [-0.1, -0.05) is 20.8 Å². The van der Waals surface area contributed by atoms with Crippen molar-refractivity contribution in [2.45, 2.75) is 45.7 Å². The number of carbonyl (C=O) groups excluding carboxylic acids is 1. The van der Waals surface area contributed by atoms with E-state index in [1.807, 2.05) is 0 Å². The van der Waals surface area contributed by atoms with Crippen LogP contribution in [0.4, 0.5) is 0 Å². The lowest BCUT2D eigenvalue weighted by Gasteiger charge is -2.24. The van der Waals surface area contributed by atoms with E-state index in [2.05, 4.69) is 50.5 Å². The van der Waals surface area contributed by atoms with E-state index in [4.69, 9.17) is 4.74 Å². The fourth-order valence-electron chi connectivity index (χ4n) is 2.54. The van der Waals surface area contributed by atoms with Crippen LogP contribution in [0.1, 0.15) is 37.5 Å². The molecule has 1 aromatic rings. The molecule has 1 aromatic carbocycles. The van der Waals surface area contributed by atoms with Crippen molar-refractivity contribution in [1.82, 2.24) is 10.6 Å². The van der Waals surface area contributed by atoms with Gasteiger partial charge in [0.2, 0.25) is 5.91 Å². The van der Waals surface area contributed by atoms with E-state index >= 15 is 0 Å². The number of aryl methyl sites for hydroxylation is 1. The number of nitrogens with one attached hydrogen (secondary N) is 2. The summed E-state index contributed by atoms with van der Waals surface area (Å²) in [5, 5.41) is 6.23. The van der Waals surface area contributed by atoms with Crippen LogP contribution >= 0.6 is 11.8 Å². The summed E-state index contributed by atoms with van der Waals surface area (Å²) in [6.07, 6.45) is 0. The molecule has 0 bridgehead atoms. The maximum atomic E-state index is 12.1. The second-order valence-corrected chi connectivity index (χ2v) is 7.75. The van der Waals surface area contributed by atoms with E-state index in [-0.39, 0.29) is 17.4 Å². The molecule has 0 spiro atoms. The van der Waals surface area contributed by atoms with Crippen LogP contribution in [0, 0.1) is 6.92 Å². The second-order valence-electron chi connectivity index (χ2n) is 6.72. The van der Waals surface area contributed by atoms with Gasteiger partial charge in [0.05, 0.1) is 13.2 Å². The van der Waals surface area contributed by atoms with Gasteiger partial charge in [0.1, 0.15) is 5.75 Å². The van der Waals surface area contributed by atoms with Gasteiger partial charge in [-0.2, -0.15) is 0 Å². The third-order valence-electron chi connectivity index (χ3n) is 3.95. The minimum atomic E-state index is -0.0642. The molecule has 2 N–H and O–H groups in total. The topological polar surface area (TPSA) is 50.4 Å². The molecule has 1 fully saturated rings. The predicted octanol–water partition coefficient (Wildman–Crippen LogP) is 2.58. The molecule has 1 heterocycles. The van der Waals surface area contributed by atoms with Crippen LogP contribution in [0.25, 0.3) is 0 Å². The van der Waals surface area contributed by atoms with Crippen LogP contribution in [0.2, 0.25) is 0 Å². The summed E-state index contributed by atoms with van der Waals surface area (Å²) in [5.41, 5.74) is 3.45. The number of amides is 1. The minimum Gasteiger partial charge on any atom is -0.496 e. The molecule has 22 heavy (non-hydrogen) atoms. The van der Waals surface area contributed by atoms with E-state index < -0.39 is 0 Å². The number of ether oxygens (including phenoxy) is 1. The number of carbonyl (C=O) groups is 1. The van der Waals surface area contributed by atoms with Gasteiger partial charge in [0.15, 0.2) is 0 Å². The van der Waals surface area contributed by atoms with Gasteiger partial charge < -0.3 is 10.1 Å². The maximum Gasteiger partial charge on any atom is 0.238 e. The first-order chi connectivity index (χ1) is 10.3. The molecule has 5 heteroatoms. The highest BCUT2D eigenvalue weighted by Crippen LogP contribution is 2.33. The first kappa shape index (κ1) is 17.2. The Morgan fingerprint density at radius 3 is 2.73 bits per heavy atom. The van der Waals surface area contributed by atoms with Gasteiger partial charge in [-0.15, -0.1) is 11.8 Å². The Labute approximate surface area is 137 Å². The van der Waals surface area contributed by atoms with Gasteiger partial charge in [-0.05, 0) is 41.2 Å². The first-order valence-electron chi connectivity index (χ1n) is 7.59. The van der Waals surface area contributed by atoms with Crippen molar-refractivity contribution in [2.24, 2.45) is 0 Å². The number of thioether (sulfide) groups is 1. The number of hydrogen-bond acceptors (Lipinski definition) is 4. The third kappa shape index (κ3) is 3.96. The Hall–Kier alpha value is -1.20. The molecule has 1 unspecified atom stereocenters. The molecular weight excluding hydrogens is 296 g/mol. The zero-order valence-electron chi connectivity index (χ0n) is 14.1. The normalized spacial score (nSPS) is 18.3. The Morgan fingerprint density at radius 1 is 1.45 bits per heavy atom. The number of methoxy groups -OCH3 is 1. The van der Waals surface area contributed by atoms with Crippen LogP contribution in [0.5, 0.6) is 5.75 Å². The molecule has 1 saturated heterocycles. The highest BCUT2D eigenvalue weighted by atomic mass is 32.2. The molecule has 122 valence electrons. The minimum absolute atomic E-state index is 0.00144. The van der Waals surface area contributed by atoms with Crippen LogP contribution in [-0.4, -0.2) is 30.7 Å². The lowest BCUT2D eigenvalue weighted by molar-refractivity contribution is -0.122. The number of benzene rings is 1. The van der Waals surface area contributed by atoms with Gasteiger partial charge >= 0.3 is 0 Å². The Bertz CT molecular complexity index is 546. The fourth-order valence-corrected chi connectivity index (χ4v) is 3.48. The van der Waals surface area contributed by atoms with Crippen LogP contribution in [0.3, 0.4) is 0 Å². The summed E-state index contributed by atoms with van der Waals surface area (Å²) < 4.78 is 5.51. The van der Waals surface area contributed by atoms with Gasteiger partial charge in [-0.25, -0.2) is 0 Å². The van der Waals surface area contributed by atoms with Crippen molar-refractivity contribution in [1.29, 1.82) is 0 Å². The average molecular weight is 322 g/mol. The summed E-state index contributed by atoms with van der Waals surface area (Å²) in [4.78, 5) is 12.1. The van der Waals surface area contributed by atoms with E-state index in [1.165, 1.54) is 5.56 Å². The van der Waals surface area contributed by atoms with Crippen molar-refractivity contribution < 1.29 is 9.53 Å². The van der Waals surface area contributed by atoms with Crippen LogP contribution in [-0.2, 0) is 16.8 Å². The van der Waals surface area contributed by atoms with E-state index in [9.17, 15) is 4.79 Å². The summed E-state index contributed by atoms with van der Waals surface area (Å²) >= 11 is 1.76. The largest absolute Gasteiger partial charge is 0.496 e. The molecule has 0 radical (unpaired) electrons. The molecular formula is C17H26N2O2S. The first-order valence-corrected chi connectivity index (χ1v) is 8.75. The van der Waals surface area contributed by atoms with Crippen molar-refractivity contribution in [3.63, 3.8) is 0 Å².